The zero-order valence-corrected chi connectivity index (χ0v) is 9.58. The monoisotopic (exact) mass is 259 g/mol. The van der Waals surface area contributed by atoms with Gasteiger partial charge in [0.25, 0.3) is 0 Å². The lowest BCUT2D eigenvalue weighted by Crippen LogP contribution is -2.36. The van der Waals surface area contributed by atoms with E-state index in [4.69, 9.17) is 4.74 Å². The molecular formula is C12H12BF4O-. The molecule has 98 valence electrons. The quantitative estimate of drug-likeness (QED) is 0.459. The van der Waals surface area contributed by atoms with Crippen LogP contribution in [0.4, 0.5) is 17.3 Å². The Labute approximate surface area is 103 Å². The summed E-state index contributed by atoms with van der Waals surface area (Å²) in [6, 6.07) is 2.33. The van der Waals surface area contributed by atoms with Crippen molar-refractivity contribution in [2.75, 3.05) is 0 Å². The zero-order chi connectivity index (χ0) is 13.2. The van der Waals surface area contributed by atoms with Crippen molar-refractivity contribution in [2.24, 2.45) is 0 Å². The van der Waals surface area contributed by atoms with Gasteiger partial charge < -0.3 is 17.7 Å². The van der Waals surface area contributed by atoms with Gasteiger partial charge in [-0.25, -0.2) is 4.39 Å². The smallest absolute Gasteiger partial charge is 0.489 e. The van der Waals surface area contributed by atoms with Crippen molar-refractivity contribution in [3.05, 3.63) is 36.2 Å². The molecule has 0 aliphatic heterocycles. The third kappa shape index (κ3) is 3.06. The second-order valence-corrected chi connectivity index (χ2v) is 4.27. The van der Waals surface area contributed by atoms with Crippen LogP contribution in [0.1, 0.15) is 19.3 Å². The van der Waals surface area contributed by atoms with Crippen LogP contribution in [0.2, 0.25) is 0 Å². The predicted octanol–water partition coefficient (Wildman–Crippen LogP) is 3.37. The Morgan fingerprint density at radius 2 is 2.00 bits per heavy atom. The number of ether oxygens (including phenoxy) is 1. The summed E-state index contributed by atoms with van der Waals surface area (Å²) in [5.74, 6) is -1.15. The summed E-state index contributed by atoms with van der Waals surface area (Å²) >= 11 is 0. The maximum absolute atomic E-state index is 13.0. The molecule has 0 radical (unpaired) electrons. The van der Waals surface area contributed by atoms with E-state index in [0.717, 1.165) is 31.0 Å². The summed E-state index contributed by atoms with van der Waals surface area (Å²) in [7, 11) is 0. The average Bonchev–Trinajstić information content (AvgIpc) is 2.28. The first-order valence-electron chi connectivity index (χ1n) is 5.79. The number of hydrogen-bond donors (Lipinski definition) is 0. The molecule has 0 bridgehead atoms. The summed E-state index contributed by atoms with van der Waals surface area (Å²) in [4.78, 5) is 0. The minimum absolute atomic E-state index is 0.405. The van der Waals surface area contributed by atoms with Gasteiger partial charge in [-0.15, -0.1) is 0 Å². The molecule has 0 saturated carbocycles. The summed E-state index contributed by atoms with van der Waals surface area (Å²) in [5.41, 5.74) is -0.879. The standard InChI is InChI=1S/C12H12BF4O/c14-9-6-7-11(13(15,16)17)12(8-9)18-10-4-2-1-3-5-10/h2,4,6-8,10H,1,3,5H2/q-1. The second-order valence-electron chi connectivity index (χ2n) is 4.27. The van der Waals surface area contributed by atoms with E-state index in [1.54, 1.807) is 6.08 Å². The third-order valence-corrected chi connectivity index (χ3v) is 2.82. The Kier molecular flexibility index (Phi) is 3.64. The fourth-order valence-corrected chi connectivity index (χ4v) is 1.92. The van der Waals surface area contributed by atoms with Crippen molar-refractivity contribution in [2.45, 2.75) is 25.4 Å². The van der Waals surface area contributed by atoms with Gasteiger partial charge in [-0.3, -0.25) is 0 Å². The molecule has 0 aromatic heterocycles. The van der Waals surface area contributed by atoms with Gasteiger partial charge >= 0.3 is 6.98 Å². The molecule has 1 atom stereocenters. The Balaban J connectivity index is 2.27. The highest BCUT2D eigenvalue weighted by atomic mass is 19.4. The van der Waals surface area contributed by atoms with Gasteiger partial charge in [0.2, 0.25) is 0 Å². The number of rotatable bonds is 3. The van der Waals surface area contributed by atoms with E-state index in [1.807, 2.05) is 6.08 Å². The molecule has 0 heterocycles. The Morgan fingerprint density at radius 3 is 2.61 bits per heavy atom. The molecule has 0 spiro atoms. The molecular weight excluding hydrogens is 247 g/mol. The van der Waals surface area contributed by atoms with Crippen LogP contribution >= 0.6 is 0 Å². The molecule has 1 aromatic rings. The van der Waals surface area contributed by atoms with Crippen LogP contribution in [0.15, 0.2) is 30.4 Å². The number of hydrogen-bond acceptors (Lipinski definition) is 1. The molecule has 0 saturated heterocycles. The summed E-state index contributed by atoms with van der Waals surface area (Å²) in [5, 5.41) is 0. The van der Waals surface area contributed by atoms with Crippen molar-refractivity contribution >= 4 is 12.4 Å². The molecule has 1 aliphatic carbocycles. The first-order valence-corrected chi connectivity index (χ1v) is 5.79. The van der Waals surface area contributed by atoms with Gasteiger partial charge in [-0.05, 0) is 31.4 Å². The van der Waals surface area contributed by atoms with Crippen LogP contribution in [-0.4, -0.2) is 13.1 Å². The second kappa shape index (κ2) is 5.04. The lowest BCUT2D eigenvalue weighted by Gasteiger charge is -2.24. The maximum Gasteiger partial charge on any atom is 0.513 e. The fourth-order valence-electron chi connectivity index (χ4n) is 1.92. The number of benzene rings is 1. The van der Waals surface area contributed by atoms with Gasteiger partial charge in [0.1, 0.15) is 11.9 Å². The van der Waals surface area contributed by atoms with E-state index >= 15 is 0 Å². The van der Waals surface area contributed by atoms with Crippen molar-refractivity contribution in [3.63, 3.8) is 0 Å². The lowest BCUT2D eigenvalue weighted by molar-refractivity contribution is 0.230. The maximum atomic E-state index is 13.0. The SMILES string of the molecule is Fc1ccc([B-](F)(F)F)c(OC2C=CCCC2)c1. The van der Waals surface area contributed by atoms with Gasteiger partial charge in [0, 0.05) is 6.07 Å². The Hall–Kier alpha value is -1.46. The highest BCUT2D eigenvalue weighted by Gasteiger charge is 2.30. The van der Waals surface area contributed by atoms with Crippen LogP contribution in [-0.2, 0) is 0 Å². The highest BCUT2D eigenvalue weighted by molar-refractivity contribution is 6.74. The van der Waals surface area contributed by atoms with Crippen molar-refractivity contribution in [1.29, 1.82) is 0 Å². The van der Waals surface area contributed by atoms with E-state index in [0.29, 0.717) is 6.42 Å². The third-order valence-electron chi connectivity index (χ3n) is 2.82. The summed E-state index contributed by atoms with van der Waals surface area (Å²) < 4.78 is 56.6. The lowest BCUT2D eigenvalue weighted by atomic mass is 9.79. The fraction of sp³-hybridized carbons (Fsp3) is 0.333. The van der Waals surface area contributed by atoms with E-state index in [-0.39, 0.29) is 0 Å². The molecule has 0 amide bonds. The van der Waals surface area contributed by atoms with Gasteiger partial charge in [-0.2, -0.15) is 0 Å². The molecule has 1 nitrogen and oxygen atoms in total. The van der Waals surface area contributed by atoms with Crippen LogP contribution < -0.4 is 10.2 Å². The highest BCUT2D eigenvalue weighted by Crippen LogP contribution is 2.22. The molecule has 18 heavy (non-hydrogen) atoms. The summed E-state index contributed by atoms with van der Waals surface area (Å²) in [6.45, 7) is -5.20. The largest absolute Gasteiger partial charge is 0.513 e. The molecule has 2 rings (SSSR count). The minimum atomic E-state index is -5.20. The van der Waals surface area contributed by atoms with E-state index < -0.39 is 30.1 Å². The van der Waals surface area contributed by atoms with E-state index in [1.165, 1.54) is 0 Å². The summed E-state index contributed by atoms with van der Waals surface area (Å²) in [6.07, 6.45) is 5.60. The van der Waals surface area contributed by atoms with Crippen LogP contribution in [0.3, 0.4) is 0 Å². The molecule has 1 aromatic carbocycles. The zero-order valence-electron chi connectivity index (χ0n) is 9.58. The molecule has 6 heteroatoms. The Bertz CT molecular complexity index is 456. The predicted molar refractivity (Wildman–Crippen MR) is 62.5 cm³/mol. The molecule has 1 unspecified atom stereocenters. The number of allylic oxidation sites excluding steroid dienone is 1. The Morgan fingerprint density at radius 1 is 1.22 bits per heavy atom. The van der Waals surface area contributed by atoms with Gasteiger partial charge in [0.05, 0.1) is 5.75 Å². The first kappa shape index (κ1) is 13.0. The van der Waals surface area contributed by atoms with Gasteiger partial charge in [-0.1, -0.05) is 17.6 Å². The molecule has 0 fully saturated rings. The topological polar surface area (TPSA) is 9.23 Å². The normalized spacial score (nSPS) is 19.9. The minimum Gasteiger partial charge on any atom is -0.489 e. The van der Waals surface area contributed by atoms with E-state index in [9.17, 15) is 17.3 Å². The van der Waals surface area contributed by atoms with Crippen molar-refractivity contribution < 1.29 is 22.1 Å². The first-order chi connectivity index (χ1) is 8.47. The van der Waals surface area contributed by atoms with Crippen molar-refractivity contribution in [1.82, 2.24) is 0 Å². The van der Waals surface area contributed by atoms with Crippen LogP contribution in [0, 0.1) is 5.82 Å². The number of halogens is 4. The molecule has 1 aliphatic rings. The van der Waals surface area contributed by atoms with Crippen LogP contribution in [0.5, 0.6) is 5.75 Å². The average molecular weight is 259 g/mol. The van der Waals surface area contributed by atoms with Gasteiger partial charge in [0.15, 0.2) is 0 Å². The molecule has 0 N–H and O–H groups in total. The van der Waals surface area contributed by atoms with E-state index in [2.05, 4.69) is 0 Å². The van der Waals surface area contributed by atoms with Crippen molar-refractivity contribution in [3.8, 4) is 5.75 Å². The van der Waals surface area contributed by atoms with Crippen LogP contribution in [0.25, 0.3) is 0 Å².